The number of hydrogen-bond donors (Lipinski definition) is 0. The van der Waals surface area contributed by atoms with Crippen LogP contribution in [0, 0.1) is 0 Å². The molecule has 0 saturated carbocycles. The predicted molar refractivity (Wildman–Crippen MR) is 76.0 cm³/mol. The molecule has 0 spiro atoms. The molecule has 0 unspecified atom stereocenters. The molecule has 0 aliphatic heterocycles. The van der Waals surface area contributed by atoms with Crippen molar-refractivity contribution in [3.8, 4) is 0 Å². The van der Waals surface area contributed by atoms with E-state index >= 15 is 0 Å². The first-order valence-corrected chi connectivity index (χ1v) is 6.59. The fourth-order valence-corrected chi connectivity index (χ4v) is 3.18. The minimum atomic E-state index is 1.07. The second kappa shape index (κ2) is 4.15. The van der Waals surface area contributed by atoms with Crippen molar-refractivity contribution in [2.45, 2.75) is 13.3 Å². The van der Waals surface area contributed by atoms with Crippen molar-refractivity contribution in [3.05, 3.63) is 75.3 Å². The maximum absolute atomic E-state index is 3.68. The minimum Gasteiger partial charge on any atom is -0.0622 e. The molecule has 0 heterocycles. The van der Waals surface area contributed by atoms with Gasteiger partial charge in [-0.2, -0.15) is 0 Å². The van der Waals surface area contributed by atoms with Crippen LogP contribution in [0.2, 0.25) is 0 Å². The quantitative estimate of drug-likeness (QED) is 0.704. The molecule has 0 bridgehead atoms. The average molecular weight is 285 g/mol. The molecule has 0 fully saturated rings. The van der Waals surface area contributed by atoms with Gasteiger partial charge in [-0.05, 0) is 41.7 Å². The number of halogens is 1. The second-order valence-electron chi connectivity index (χ2n) is 4.47. The highest BCUT2D eigenvalue weighted by molar-refractivity contribution is 9.10. The zero-order valence-corrected chi connectivity index (χ0v) is 11.3. The molecule has 0 saturated heterocycles. The highest BCUT2D eigenvalue weighted by atomic mass is 79.9. The monoisotopic (exact) mass is 284 g/mol. The van der Waals surface area contributed by atoms with Crippen LogP contribution in [0.4, 0.5) is 0 Å². The molecule has 2 aromatic carbocycles. The van der Waals surface area contributed by atoms with Crippen molar-refractivity contribution in [3.63, 3.8) is 0 Å². The van der Waals surface area contributed by atoms with Crippen molar-refractivity contribution in [1.29, 1.82) is 0 Å². The number of rotatable bonds is 1. The molecular formula is C16H13Br. The third-order valence-electron chi connectivity index (χ3n) is 3.29. The zero-order chi connectivity index (χ0) is 11.8. The van der Waals surface area contributed by atoms with E-state index in [1.165, 1.54) is 32.3 Å². The van der Waals surface area contributed by atoms with Gasteiger partial charge >= 0.3 is 0 Å². The van der Waals surface area contributed by atoms with Crippen LogP contribution in [0.5, 0.6) is 0 Å². The van der Waals surface area contributed by atoms with Crippen LogP contribution in [0.3, 0.4) is 0 Å². The normalized spacial score (nSPS) is 14.0. The van der Waals surface area contributed by atoms with Gasteiger partial charge in [-0.15, -0.1) is 0 Å². The summed E-state index contributed by atoms with van der Waals surface area (Å²) in [6, 6.07) is 17.1. The van der Waals surface area contributed by atoms with Gasteiger partial charge in [0.05, 0.1) is 0 Å². The summed E-state index contributed by atoms with van der Waals surface area (Å²) in [5, 5.41) is 0. The average Bonchev–Trinajstić information content (AvgIpc) is 2.68. The second-order valence-corrected chi connectivity index (χ2v) is 5.33. The Morgan fingerprint density at radius 1 is 0.941 bits per heavy atom. The summed E-state index contributed by atoms with van der Waals surface area (Å²) in [7, 11) is 0. The molecule has 1 aliphatic rings. The van der Waals surface area contributed by atoms with E-state index in [-0.39, 0.29) is 0 Å². The van der Waals surface area contributed by atoms with E-state index in [9.17, 15) is 0 Å². The van der Waals surface area contributed by atoms with Gasteiger partial charge in [0.25, 0.3) is 0 Å². The lowest BCUT2D eigenvalue weighted by Crippen LogP contribution is -1.88. The first-order valence-electron chi connectivity index (χ1n) is 5.80. The smallest absolute Gasteiger partial charge is 0.0256 e. The molecule has 0 aromatic heterocycles. The Kier molecular flexibility index (Phi) is 2.64. The van der Waals surface area contributed by atoms with Gasteiger partial charge < -0.3 is 0 Å². The van der Waals surface area contributed by atoms with Crippen molar-refractivity contribution in [2.24, 2.45) is 0 Å². The summed E-state index contributed by atoms with van der Waals surface area (Å²) < 4.78 is 1.20. The largest absolute Gasteiger partial charge is 0.0622 e. The molecule has 0 radical (unpaired) electrons. The molecule has 0 amide bonds. The van der Waals surface area contributed by atoms with Crippen LogP contribution in [0.15, 0.2) is 58.6 Å². The molecule has 3 rings (SSSR count). The first kappa shape index (κ1) is 10.8. The van der Waals surface area contributed by atoms with Crippen molar-refractivity contribution >= 4 is 21.5 Å². The van der Waals surface area contributed by atoms with E-state index in [2.05, 4.69) is 71.4 Å². The van der Waals surface area contributed by atoms with Crippen LogP contribution in [-0.2, 0) is 6.42 Å². The van der Waals surface area contributed by atoms with Gasteiger partial charge in [-0.3, -0.25) is 0 Å². The SMILES string of the molecule is CC1=C(c2ccccc2)c2c(Br)cccc2C1. The standard InChI is InChI=1S/C16H13Br/c1-11-10-13-8-5-9-14(17)16(13)15(11)12-6-3-2-4-7-12/h2-9H,10H2,1H3. The van der Waals surface area contributed by atoms with Gasteiger partial charge in [0, 0.05) is 4.47 Å². The summed E-state index contributed by atoms with van der Waals surface area (Å²) in [5.74, 6) is 0. The summed E-state index contributed by atoms with van der Waals surface area (Å²) in [6.45, 7) is 2.23. The summed E-state index contributed by atoms with van der Waals surface area (Å²) in [5.41, 5.74) is 6.97. The van der Waals surface area contributed by atoms with Gasteiger partial charge in [-0.25, -0.2) is 0 Å². The van der Waals surface area contributed by atoms with Gasteiger partial charge in [0.1, 0.15) is 0 Å². The molecule has 0 N–H and O–H groups in total. The van der Waals surface area contributed by atoms with E-state index in [0.717, 1.165) is 6.42 Å². The van der Waals surface area contributed by atoms with Crippen LogP contribution in [0.25, 0.3) is 5.57 Å². The fourth-order valence-electron chi connectivity index (χ4n) is 2.58. The number of allylic oxidation sites excluding steroid dienone is 1. The Hall–Kier alpha value is -1.34. The molecule has 17 heavy (non-hydrogen) atoms. The maximum Gasteiger partial charge on any atom is 0.0256 e. The van der Waals surface area contributed by atoms with Gasteiger partial charge in [0.15, 0.2) is 0 Å². The first-order chi connectivity index (χ1) is 8.27. The van der Waals surface area contributed by atoms with E-state index in [0.29, 0.717) is 0 Å². The van der Waals surface area contributed by atoms with Gasteiger partial charge in [0.2, 0.25) is 0 Å². The Bertz CT molecular complexity index is 594. The van der Waals surface area contributed by atoms with Crippen LogP contribution in [-0.4, -0.2) is 0 Å². The topological polar surface area (TPSA) is 0 Å². The van der Waals surface area contributed by atoms with Crippen LogP contribution in [0.1, 0.15) is 23.6 Å². The van der Waals surface area contributed by atoms with Crippen LogP contribution >= 0.6 is 15.9 Å². The zero-order valence-electron chi connectivity index (χ0n) is 9.70. The third kappa shape index (κ3) is 1.75. The van der Waals surface area contributed by atoms with Crippen molar-refractivity contribution in [2.75, 3.05) is 0 Å². The molecular weight excluding hydrogens is 272 g/mol. The summed E-state index contributed by atoms with van der Waals surface area (Å²) in [4.78, 5) is 0. The van der Waals surface area contributed by atoms with E-state index in [1.54, 1.807) is 0 Å². The molecule has 1 aliphatic carbocycles. The van der Waals surface area contributed by atoms with E-state index < -0.39 is 0 Å². The molecule has 84 valence electrons. The number of fused-ring (bicyclic) bond motifs is 1. The molecule has 0 nitrogen and oxygen atoms in total. The van der Waals surface area contributed by atoms with E-state index in [1.807, 2.05) is 0 Å². The molecule has 1 heteroatoms. The highest BCUT2D eigenvalue weighted by Gasteiger charge is 2.21. The fraction of sp³-hybridized carbons (Fsp3) is 0.125. The van der Waals surface area contributed by atoms with Crippen LogP contribution < -0.4 is 0 Å². The summed E-state index contributed by atoms with van der Waals surface area (Å²) in [6.07, 6.45) is 1.07. The summed E-state index contributed by atoms with van der Waals surface area (Å²) >= 11 is 3.68. The Balaban J connectivity index is 2.23. The predicted octanol–water partition coefficient (Wildman–Crippen LogP) is 4.83. The number of hydrogen-bond acceptors (Lipinski definition) is 0. The van der Waals surface area contributed by atoms with Crippen molar-refractivity contribution in [1.82, 2.24) is 0 Å². The molecule has 0 atom stereocenters. The lowest BCUT2D eigenvalue weighted by Gasteiger charge is -2.09. The lowest BCUT2D eigenvalue weighted by molar-refractivity contribution is 1.19. The Morgan fingerprint density at radius 2 is 1.71 bits per heavy atom. The lowest BCUT2D eigenvalue weighted by atomic mass is 9.98. The molecule has 2 aromatic rings. The van der Waals surface area contributed by atoms with Gasteiger partial charge in [-0.1, -0.05) is 64.0 Å². The maximum atomic E-state index is 3.68. The number of benzene rings is 2. The Morgan fingerprint density at radius 3 is 2.47 bits per heavy atom. The van der Waals surface area contributed by atoms with E-state index in [4.69, 9.17) is 0 Å². The Labute approximate surface area is 110 Å². The highest BCUT2D eigenvalue weighted by Crippen LogP contribution is 2.40. The van der Waals surface area contributed by atoms with Crippen molar-refractivity contribution < 1.29 is 0 Å². The third-order valence-corrected chi connectivity index (χ3v) is 3.96. The minimum absolute atomic E-state index is 1.07.